The van der Waals surface area contributed by atoms with Crippen molar-refractivity contribution in [1.29, 1.82) is 0 Å². The summed E-state index contributed by atoms with van der Waals surface area (Å²) in [5.41, 5.74) is 5.48. The quantitative estimate of drug-likeness (QED) is 0.555. The molecule has 0 aromatic heterocycles. The Hall–Kier alpha value is -3.28. The van der Waals surface area contributed by atoms with Crippen molar-refractivity contribution in [2.75, 3.05) is 19.1 Å². The van der Waals surface area contributed by atoms with Crippen LogP contribution in [0.1, 0.15) is 55.4 Å². The van der Waals surface area contributed by atoms with E-state index in [1.807, 2.05) is 37.3 Å². The molecule has 0 saturated carbocycles. The van der Waals surface area contributed by atoms with Crippen molar-refractivity contribution < 1.29 is 14.3 Å². The van der Waals surface area contributed by atoms with Crippen LogP contribution < -0.4 is 15.0 Å². The lowest BCUT2D eigenvalue weighted by Crippen LogP contribution is -2.45. The van der Waals surface area contributed by atoms with E-state index in [-0.39, 0.29) is 23.7 Å². The van der Waals surface area contributed by atoms with Gasteiger partial charge in [-0.15, -0.1) is 0 Å². The number of amides is 3. The lowest BCUT2D eigenvalue weighted by Gasteiger charge is -2.45. The number of nitrogens with one attached hydrogen (secondary N) is 1. The number of hydrogen-bond donors (Lipinski definition) is 1. The minimum atomic E-state index is -0.409. The minimum Gasteiger partial charge on any atom is -0.496 e. The fraction of sp³-hybridized carbons (Fsp3) is 0.385. The number of hydrogen-bond acceptors (Lipinski definition) is 4. The normalized spacial score (nSPS) is 21.1. The van der Waals surface area contributed by atoms with Crippen molar-refractivity contribution in [3.63, 3.8) is 0 Å². The van der Waals surface area contributed by atoms with E-state index in [1.165, 1.54) is 10.5 Å². The van der Waals surface area contributed by atoms with Gasteiger partial charge in [-0.05, 0) is 56.4 Å². The predicted molar refractivity (Wildman–Crippen MR) is 127 cm³/mol. The molecular formula is C26H31N3O3. The van der Waals surface area contributed by atoms with Gasteiger partial charge in [0.25, 0.3) is 5.91 Å². The van der Waals surface area contributed by atoms with E-state index in [4.69, 9.17) is 4.74 Å². The van der Waals surface area contributed by atoms with Gasteiger partial charge in [-0.3, -0.25) is 9.69 Å². The second kappa shape index (κ2) is 8.01. The van der Waals surface area contributed by atoms with Crippen LogP contribution in [0.4, 0.5) is 10.5 Å². The summed E-state index contributed by atoms with van der Waals surface area (Å²) in [6.07, 6.45) is 2.75. The van der Waals surface area contributed by atoms with E-state index >= 15 is 0 Å². The third-order valence-electron chi connectivity index (χ3n) is 6.71. The van der Waals surface area contributed by atoms with Crippen LogP contribution in [0.15, 0.2) is 42.1 Å². The van der Waals surface area contributed by atoms with Crippen LogP contribution in [-0.2, 0) is 11.3 Å². The highest BCUT2D eigenvalue weighted by atomic mass is 16.5. The van der Waals surface area contributed by atoms with E-state index in [0.717, 1.165) is 28.8 Å². The Labute approximate surface area is 189 Å². The molecule has 6 heteroatoms. The molecule has 0 bridgehead atoms. The molecule has 1 unspecified atom stereocenters. The van der Waals surface area contributed by atoms with Crippen molar-refractivity contribution in [1.82, 2.24) is 10.2 Å². The van der Waals surface area contributed by atoms with Crippen LogP contribution in [-0.4, -0.2) is 36.5 Å². The summed E-state index contributed by atoms with van der Waals surface area (Å²) >= 11 is 0. The third-order valence-corrected chi connectivity index (χ3v) is 6.71. The van der Waals surface area contributed by atoms with Gasteiger partial charge in [-0.25, -0.2) is 4.79 Å². The van der Waals surface area contributed by atoms with Crippen molar-refractivity contribution in [3.8, 4) is 5.75 Å². The molecule has 2 aliphatic rings. The molecule has 2 aromatic carbocycles. The highest BCUT2D eigenvalue weighted by Crippen LogP contribution is 2.45. The van der Waals surface area contributed by atoms with E-state index in [1.54, 1.807) is 13.2 Å². The summed E-state index contributed by atoms with van der Waals surface area (Å²) in [5, 5.41) is 2.73. The molecular weight excluding hydrogens is 402 g/mol. The molecule has 1 fully saturated rings. The molecule has 168 valence electrons. The summed E-state index contributed by atoms with van der Waals surface area (Å²) in [6.45, 7) is 8.95. The Bertz CT molecular complexity index is 1100. The van der Waals surface area contributed by atoms with Gasteiger partial charge in [0.2, 0.25) is 0 Å². The summed E-state index contributed by atoms with van der Waals surface area (Å²) in [7, 11) is 3.73. The Balaban J connectivity index is 1.66. The van der Waals surface area contributed by atoms with E-state index in [2.05, 4.69) is 44.1 Å². The highest BCUT2D eigenvalue weighted by Gasteiger charge is 2.36. The standard InChI is InChI=1S/C26H31N3O3/c1-16-7-9-18(10-8-16)15-29-24(30)21(27-25(29)31)12-19-11-20-17(2)14-26(3,4)28(5)22(20)13-23(19)32-6/h7-13,17H,14-15H2,1-6H3,(H,27,31)/b21-12+. The van der Waals surface area contributed by atoms with Crippen molar-refractivity contribution in [2.24, 2.45) is 0 Å². The zero-order valence-corrected chi connectivity index (χ0v) is 19.7. The molecule has 1 N–H and O–H groups in total. The number of imide groups is 1. The van der Waals surface area contributed by atoms with Crippen molar-refractivity contribution in [2.45, 2.75) is 52.1 Å². The van der Waals surface area contributed by atoms with Gasteiger partial charge in [0, 0.05) is 29.9 Å². The van der Waals surface area contributed by atoms with E-state index in [0.29, 0.717) is 11.7 Å². The molecule has 0 aliphatic carbocycles. The van der Waals surface area contributed by atoms with Crippen LogP contribution in [0, 0.1) is 6.92 Å². The Kier molecular flexibility index (Phi) is 5.49. The second-order valence-corrected chi connectivity index (χ2v) is 9.49. The number of nitrogens with zero attached hydrogens (tertiary/aromatic N) is 2. The van der Waals surface area contributed by atoms with E-state index < -0.39 is 6.03 Å². The number of urea groups is 1. The maximum atomic E-state index is 13.0. The number of carbonyl (C=O) groups is 2. The first kappa shape index (κ1) is 21.9. The minimum absolute atomic E-state index is 0.0449. The molecule has 32 heavy (non-hydrogen) atoms. The Morgan fingerprint density at radius 1 is 1.19 bits per heavy atom. The number of carbonyl (C=O) groups excluding carboxylic acids is 2. The molecule has 1 atom stereocenters. The maximum Gasteiger partial charge on any atom is 0.329 e. The van der Waals surface area contributed by atoms with Crippen molar-refractivity contribution >= 4 is 23.7 Å². The molecule has 3 amide bonds. The van der Waals surface area contributed by atoms with E-state index in [9.17, 15) is 9.59 Å². The molecule has 6 nitrogen and oxygen atoms in total. The molecule has 2 heterocycles. The van der Waals surface area contributed by atoms with Crippen LogP contribution in [0.25, 0.3) is 6.08 Å². The summed E-state index contributed by atoms with van der Waals surface area (Å²) in [6, 6.07) is 11.5. The second-order valence-electron chi connectivity index (χ2n) is 9.49. The third kappa shape index (κ3) is 3.85. The van der Waals surface area contributed by atoms with Gasteiger partial charge < -0.3 is 15.0 Å². The Morgan fingerprint density at radius 3 is 2.53 bits per heavy atom. The van der Waals surface area contributed by atoms with Gasteiger partial charge in [-0.1, -0.05) is 36.8 Å². The number of benzene rings is 2. The average Bonchev–Trinajstić information content (AvgIpc) is 3.00. The van der Waals surface area contributed by atoms with Gasteiger partial charge >= 0.3 is 6.03 Å². The SMILES string of the molecule is COc1cc2c(cc1/C=C1/NC(=O)N(Cc3ccc(C)cc3)C1=O)C(C)CC(C)(C)N2C. The lowest BCUT2D eigenvalue weighted by molar-refractivity contribution is -0.123. The largest absolute Gasteiger partial charge is 0.496 e. The highest BCUT2D eigenvalue weighted by molar-refractivity contribution is 6.14. The van der Waals surface area contributed by atoms with Crippen LogP contribution in [0.2, 0.25) is 0 Å². The molecule has 2 aromatic rings. The molecule has 1 saturated heterocycles. The molecule has 0 radical (unpaired) electrons. The van der Waals surface area contributed by atoms with Crippen LogP contribution in [0.3, 0.4) is 0 Å². The van der Waals surface area contributed by atoms with Crippen LogP contribution >= 0.6 is 0 Å². The Morgan fingerprint density at radius 2 is 1.88 bits per heavy atom. The van der Waals surface area contributed by atoms with Gasteiger partial charge in [0.1, 0.15) is 11.4 Å². The number of fused-ring (bicyclic) bond motifs is 1. The number of aryl methyl sites for hydroxylation is 1. The number of rotatable bonds is 4. The average molecular weight is 434 g/mol. The summed E-state index contributed by atoms with van der Waals surface area (Å²) < 4.78 is 5.66. The topological polar surface area (TPSA) is 61.9 Å². The summed E-state index contributed by atoms with van der Waals surface area (Å²) in [5.74, 6) is 0.708. The predicted octanol–water partition coefficient (Wildman–Crippen LogP) is 4.82. The van der Waals surface area contributed by atoms with Crippen LogP contribution in [0.5, 0.6) is 5.75 Å². The van der Waals surface area contributed by atoms with Gasteiger partial charge in [0.15, 0.2) is 0 Å². The lowest BCUT2D eigenvalue weighted by atomic mass is 9.80. The molecule has 4 rings (SSSR count). The first-order valence-electron chi connectivity index (χ1n) is 11.0. The van der Waals surface area contributed by atoms with Gasteiger partial charge in [-0.2, -0.15) is 0 Å². The fourth-order valence-electron chi connectivity index (χ4n) is 4.65. The maximum absolute atomic E-state index is 13.0. The monoisotopic (exact) mass is 433 g/mol. The molecule has 0 spiro atoms. The van der Waals surface area contributed by atoms with Gasteiger partial charge in [0.05, 0.1) is 13.7 Å². The van der Waals surface area contributed by atoms with Crippen molar-refractivity contribution in [3.05, 3.63) is 64.3 Å². The first-order chi connectivity index (χ1) is 15.1. The first-order valence-corrected chi connectivity index (χ1v) is 11.0. The number of anilines is 1. The summed E-state index contributed by atoms with van der Waals surface area (Å²) in [4.78, 5) is 29.1. The smallest absolute Gasteiger partial charge is 0.329 e. The number of ether oxygens (including phenoxy) is 1. The zero-order chi connectivity index (χ0) is 23.2. The number of methoxy groups -OCH3 is 1. The molecule has 2 aliphatic heterocycles. The fourth-order valence-corrected chi connectivity index (χ4v) is 4.65. The zero-order valence-electron chi connectivity index (χ0n) is 19.7.